The van der Waals surface area contributed by atoms with Crippen LogP contribution in [-0.4, -0.2) is 52.6 Å². The monoisotopic (exact) mass is 261 g/mol. The lowest BCUT2D eigenvalue weighted by Gasteiger charge is -2.12. The number of aliphatic hydroxyl groups excluding tert-OH is 2. The molecule has 0 aliphatic carbocycles. The zero-order chi connectivity index (χ0) is 14.0. The largest absolute Gasteiger partial charge is 0.479 e. The first-order chi connectivity index (χ1) is 8.50. The number of esters is 1. The van der Waals surface area contributed by atoms with Crippen molar-refractivity contribution in [2.45, 2.75) is 12.2 Å². The first-order valence-corrected chi connectivity index (χ1v) is 4.93. The molecular formula is C10H15NO7. The molecule has 1 aromatic rings. The van der Waals surface area contributed by atoms with Crippen LogP contribution in [0.1, 0.15) is 0 Å². The average molecular weight is 261 g/mol. The van der Waals surface area contributed by atoms with Crippen molar-refractivity contribution in [1.82, 2.24) is 0 Å². The second kappa shape index (κ2) is 9.16. The first kappa shape index (κ1) is 16.1. The van der Waals surface area contributed by atoms with Gasteiger partial charge in [0.05, 0.1) is 12.5 Å². The normalized spacial score (nSPS) is 12.8. The summed E-state index contributed by atoms with van der Waals surface area (Å²) in [6.45, 7) is -0.0795. The summed E-state index contributed by atoms with van der Waals surface area (Å²) in [5.74, 6) is -2.91. The number of furan rings is 1. The fourth-order valence-electron chi connectivity index (χ4n) is 0.736. The zero-order valence-corrected chi connectivity index (χ0v) is 9.43. The van der Waals surface area contributed by atoms with Gasteiger partial charge in [-0.25, -0.2) is 9.59 Å². The van der Waals surface area contributed by atoms with Crippen LogP contribution in [-0.2, 0) is 14.3 Å². The molecular weight excluding hydrogens is 246 g/mol. The van der Waals surface area contributed by atoms with Gasteiger partial charge in [0, 0.05) is 6.54 Å². The summed E-state index contributed by atoms with van der Waals surface area (Å²) in [6.07, 6.45) is -1.01. The summed E-state index contributed by atoms with van der Waals surface area (Å²) in [5.41, 5.74) is 4.98. The van der Waals surface area contributed by atoms with Gasteiger partial charge in [-0.1, -0.05) is 0 Å². The van der Waals surface area contributed by atoms with Gasteiger partial charge in [-0.15, -0.1) is 0 Å². The molecule has 0 bridgehead atoms. The molecule has 0 aliphatic heterocycles. The molecule has 8 nitrogen and oxygen atoms in total. The van der Waals surface area contributed by atoms with E-state index in [-0.39, 0.29) is 13.2 Å². The molecule has 0 aromatic carbocycles. The van der Waals surface area contributed by atoms with Crippen molar-refractivity contribution in [3.63, 3.8) is 0 Å². The van der Waals surface area contributed by atoms with E-state index in [4.69, 9.17) is 21.1 Å². The quantitative estimate of drug-likeness (QED) is 0.472. The van der Waals surface area contributed by atoms with Crippen molar-refractivity contribution in [3.8, 4) is 0 Å². The number of nitrogens with two attached hydrogens (primary N) is 1. The van der Waals surface area contributed by atoms with Crippen LogP contribution >= 0.6 is 0 Å². The maximum Gasteiger partial charge on any atom is 0.338 e. The number of hydrogen-bond acceptors (Lipinski definition) is 7. The SMILES string of the molecule is NCCOC(=O)C(O)C(O)C(=O)O.c1ccoc1. The van der Waals surface area contributed by atoms with Crippen LogP contribution < -0.4 is 5.73 Å². The minimum Gasteiger partial charge on any atom is -0.479 e. The summed E-state index contributed by atoms with van der Waals surface area (Å²) < 4.78 is 8.87. The van der Waals surface area contributed by atoms with Gasteiger partial charge in [0.2, 0.25) is 0 Å². The van der Waals surface area contributed by atoms with E-state index in [2.05, 4.69) is 9.15 Å². The van der Waals surface area contributed by atoms with Crippen molar-refractivity contribution in [1.29, 1.82) is 0 Å². The van der Waals surface area contributed by atoms with Crippen molar-refractivity contribution in [2.24, 2.45) is 5.73 Å². The highest BCUT2D eigenvalue weighted by Crippen LogP contribution is 1.96. The van der Waals surface area contributed by atoms with Crippen LogP contribution in [0, 0.1) is 0 Å². The Labute approximate surface area is 103 Å². The Morgan fingerprint density at radius 3 is 2.11 bits per heavy atom. The van der Waals surface area contributed by atoms with Crippen LogP contribution in [0.4, 0.5) is 0 Å². The number of ether oxygens (including phenoxy) is 1. The number of carboxylic acid groups (broad SMARTS) is 1. The third kappa shape index (κ3) is 6.63. The number of carbonyl (C=O) groups excluding carboxylic acids is 1. The lowest BCUT2D eigenvalue weighted by atomic mass is 10.2. The lowest BCUT2D eigenvalue weighted by Crippen LogP contribution is -2.41. The van der Waals surface area contributed by atoms with Gasteiger partial charge in [-0.05, 0) is 12.1 Å². The molecule has 2 atom stereocenters. The molecule has 0 aliphatic rings. The number of carboxylic acids is 1. The molecule has 5 N–H and O–H groups in total. The predicted molar refractivity (Wildman–Crippen MR) is 58.4 cm³/mol. The van der Waals surface area contributed by atoms with E-state index in [0.717, 1.165) is 0 Å². The van der Waals surface area contributed by atoms with Gasteiger partial charge >= 0.3 is 11.9 Å². The fraction of sp³-hybridized carbons (Fsp3) is 0.400. The fourth-order valence-corrected chi connectivity index (χ4v) is 0.736. The Morgan fingerprint density at radius 1 is 1.22 bits per heavy atom. The molecule has 2 unspecified atom stereocenters. The van der Waals surface area contributed by atoms with Gasteiger partial charge in [0.1, 0.15) is 6.61 Å². The van der Waals surface area contributed by atoms with E-state index >= 15 is 0 Å². The highest BCUT2D eigenvalue weighted by molar-refractivity contribution is 5.84. The topological polar surface area (TPSA) is 143 Å². The lowest BCUT2D eigenvalue weighted by molar-refractivity contribution is -0.169. The smallest absolute Gasteiger partial charge is 0.338 e. The predicted octanol–water partition coefficient (Wildman–Crippen LogP) is -1.43. The van der Waals surface area contributed by atoms with Crippen LogP contribution in [0.25, 0.3) is 0 Å². The molecule has 1 aromatic heterocycles. The standard InChI is InChI=1S/C6H11NO6.C4H4O/c7-1-2-13-6(12)4(9)3(8)5(10)11;1-2-4-5-3-1/h3-4,8-9H,1-2,7H2,(H,10,11);1-4H. The third-order valence-corrected chi connectivity index (χ3v) is 1.58. The molecule has 0 radical (unpaired) electrons. The van der Waals surface area contributed by atoms with Gasteiger partial charge in [-0.2, -0.15) is 0 Å². The Bertz CT molecular complexity index is 321. The summed E-state index contributed by atoms with van der Waals surface area (Å²) >= 11 is 0. The molecule has 1 rings (SSSR count). The molecule has 8 heteroatoms. The third-order valence-electron chi connectivity index (χ3n) is 1.58. The summed E-state index contributed by atoms with van der Waals surface area (Å²) in [5, 5.41) is 25.7. The van der Waals surface area contributed by atoms with E-state index in [1.165, 1.54) is 0 Å². The van der Waals surface area contributed by atoms with E-state index in [1.807, 2.05) is 12.1 Å². The van der Waals surface area contributed by atoms with Gasteiger partial charge < -0.3 is 30.2 Å². The van der Waals surface area contributed by atoms with E-state index < -0.39 is 24.1 Å². The first-order valence-electron chi connectivity index (χ1n) is 4.93. The van der Waals surface area contributed by atoms with Gasteiger partial charge in [-0.3, -0.25) is 0 Å². The Morgan fingerprint density at radius 2 is 1.78 bits per heavy atom. The summed E-state index contributed by atoms with van der Waals surface area (Å²) in [7, 11) is 0. The number of rotatable bonds is 5. The number of aliphatic carboxylic acids is 1. The molecule has 0 spiro atoms. The molecule has 0 amide bonds. The van der Waals surface area contributed by atoms with Crippen LogP contribution in [0.15, 0.2) is 29.1 Å². The van der Waals surface area contributed by atoms with E-state index in [9.17, 15) is 9.59 Å². The van der Waals surface area contributed by atoms with Crippen LogP contribution in [0.2, 0.25) is 0 Å². The zero-order valence-electron chi connectivity index (χ0n) is 9.43. The highest BCUT2D eigenvalue weighted by atomic mass is 16.6. The minimum atomic E-state index is -2.18. The number of carbonyl (C=O) groups is 2. The molecule has 18 heavy (non-hydrogen) atoms. The maximum atomic E-state index is 10.7. The number of aliphatic hydroxyl groups is 2. The minimum absolute atomic E-state index is 0.0572. The van der Waals surface area contributed by atoms with Crippen molar-refractivity contribution >= 4 is 11.9 Å². The summed E-state index contributed by atoms with van der Waals surface area (Å²) in [4.78, 5) is 20.8. The second-order valence-corrected chi connectivity index (χ2v) is 2.98. The summed E-state index contributed by atoms with van der Waals surface area (Å²) in [6, 6.07) is 3.67. The Balaban J connectivity index is 0.000000473. The second-order valence-electron chi connectivity index (χ2n) is 2.98. The van der Waals surface area contributed by atoms with Crippen LogP contribution in [0.5, 0.6) is 0 Å². The molecule has 0 saturated carbocycles. The molecule has 0 saturated heterocycles. The van der Waals surface area contributed by atoms with Crippen molar-refractivity contribution < 1.29 is 34.1 Å². The number of hydrogen-bond donors (Lipinski definition) is 4. The van der Waals surface area contributed by atoms with Crippen molar-refractivity contribution in [2.75, 3.05) is 13.2 Å². The van der Waals surface area contributed by atoms with E-state index in [1.54, 1.807) is 12.5 Å². The van der Waals surface area contributed by atoms with Gasteiger partial charge in [0.25, 0.3) is 0 Å². The van der Waals surface area contributed by atoms with Crippen molar-refractivity contribution in [3.05, 3.63) is 24.7 Å². The molecule has 1 heterocycles. The van der Waals surface area contributed by atoms with Crippen LogP contribution in [0.3, 0.4) is 0 Å². The Hall–Kier alpha value is -1.90. The Kier molecular flexibility index (Phi) is 8.20. The highest BCUT2D eigenvalue weighted by Gasteiger charge is 2.31. The average Bonchev–Trinajstić information content (AvgIpc) is 2.92. The molecule has 0 fully saturated rings. The van der Waals surface area contributed by atoms with E-state index in [0.29, 0.717) is 0 Å². The molecule has 102 valence electrons. The van der Waals surface area contributed by atoms with Gasteiger partial charge in [0.15, 0.2) is 12.2 Å². The maximum absolute atomic E-state index is 10.7.